The van der Waals surface area contributed by atoms with Gasteiger partial charge in [-0.05, 0) is 24.3 Å². The number of carbonyl (C=O) groups excluding carboxylic acids is 1. The molecule has 3 N–H and O–H groups in total. The van der Waals surface area contributed by atoms with Gasteiger partial charge in [0.25, 0.3) is 5.22 Å². The molecule has 21 heavy (non-hydrogen) atoms. The van der Waals surface area contributed by atoms with Gasteiger partial charge in [-0.15, -0.1) is 0 Å². The third-order valence-corrected chi connectivity index (χ3v) is 3.66. The van der Waals surface area contributed by atoms with Crippen molar-refractivity contribution in [2.75, 3.05) is 16.8 Å². The number of aromatic nitrogens is 1. The monoisotopic (exact) mass is 299 g/mol. The Hall–Kier alpha value is -2.47. The van der Waals surface area contributed by atoms with E-state index in [2.05, 4.69) is 10.3 Å². The van der Waals surface area contributed by atoms with Crippen LogP contribution in [0.5, 0.6) is 0 Å². The number of para-hydroxylation sites is 4. The van der Waals surface area contributed by atoms with Crippen molar-refractivity contribution in [3.63, 3.8) is 0 Å². The molecule has 1 aromatic heterocycles. The predicted molar refractivity (Wildman–Crippen MR) is 84.2 cm³/mol. The summed E-state index contributed by atoms with van der Waals surface area (Å²) in [5.74, 6) is 0.0568. The molecule has 0 aliphatic heterocycles. The minimum Gasteiger partial charge on any atom is -0.431 e. The number of rotatable bonds is 4. The SMILES string of the molecule is Nc1ccccc1NC(=O)CSc1nc2ccccc2o1. The number of oxazole rings is 1. The Bertz CT molecular complexity index is 752. The molecule has 6 heteroatoms. The first-order valence-corrected chi connectivity index (χ1v) is 7.33. The van der Waals surface area contributed by atoms with Gasteiger partial charge in [0.1, 0.15) is 5.52 Å². The van der Waals surface area contributed by atoms with Crippen LogP contribution in [0, 0.1) is 0 Å². The Morgan fingerprint density at radius 1 is 1.19 bits per heavy atom. The lowest BCUT2D eigenvalue weighted by molar-refractivity contribution is -0.113. The van der Waals surface area contributed by atoms with Crippen molar-refractivity contribution in [1.82, 2.24) is 4.98 Å². The number of benzene rings is 2. The number of nitrogen functional groups attached to an aromatic ring is 1. The van der Waals surface area contributed by atoms with Crippen LogP contribution in [-0.4, -0.2) is 16.6 Å². The molecule has 0 spiro atoms. The molecule has 5 nitrogen and oxygen atoms in total. The first-order chi connectivity index (χ1) is 10.2. The van der Waals surface area contributed by atoms with E-state index in [0.717, 1.165) is 5.52 Å². The van der Waals surface area contributed by atoms with Crippen molar-refractivity contribution in [3.05, 3.63) is 48.5 Å². The van der Waals surface area contributed by atoms with E-state index in [1.807, 2.05) is 36.4 Å². The maximum atomic E-state index is 11.9. The van der Waals surface area contributed by atoms with Crippen LogP contribution in [0.3, 0.4) is 0 Å². The van der Waals surface area contributed by atoms with Crippen molar-refractivity contribution in [3.8, 4) is 0 Å². The largest absolute Gasteiger partial charge is 0.431 e. The normalized spacial score (nSPS) is 10.7. The molecule has 0 saturated carbocycles. The second-order valence-electron chi connectivity index (χ2n) is 4.37. The number of amides is 1. The van der Waals surface area contributed by atoms with Crippen molar-refractivity contribution >= 4 is 40.1 Å². The third-order valence-electron chi connectivity index (χ3n) is 2.84. The number of nitrogens with zero attached hydrogens (tertiary/aromatic N) is 1. The first kappa shape index (κ1) is 13.5. The lowest BCUT2D eigenvalue weighted by Gasteiger charge is -2.06. The fourth-order valence-electron chi connectivity index (χ4n) is 1.84. The summed E-state index contributed by atoms with van der Waals surface area (Å²) in [6.45, 7) is 0. The summed E-state index contributed by atoms with van der Waals surface area (Å²) in [4.78, 5) is 16.2. The van der Waals surface area contributed by atoms with Crippen molar-refractivity contribution in [1.29, 1.82) is 0 Å². The van der Waals surface area contributed by atoms with Gasteiger partial charge >= 0.3 is 0 Å². The number of hydrogen-bond donors (Lipinski definition) is 2. The summed E-state index contributed by atoms with van der Waals surface area (Å²) < 4.78 is 5.54. The van der Waals surface area contributed by atoms with E-state index < -0.39 is 0 Å². The summed E-state index contributed by atoms with van der Waals surface area (Å²) in [7, 11) is 0. The van der Waals surface area contributed by atoms with Crippen LogP contribution in [-0.2, 0) is 4.79 Å². The van der Waals surface area contributed by atoms with Crippen LogP contribution < -0.4 is 11.1 Å². The zero-order valence-electron chi connectivity index (χ0n) is 11.1. The molecule has 2 aromatic carbocycles. The Balaban J connectivity index is 1.62. The third kappa shape index (κ3) is 3.17. The van der Waals surface area contributed by atoms with Gasteiger partial charge in [0.05, 0.1) is 17.1 Å². The fourth-order valence-corrected chi connectivity index (χ4v) is 2.48. The first-order valence-electron chi connectivity index (χ1n) is 6.35. The topological polar surface area (TPSA) is 81.1 Å². The number of thioether (sulfide) groups is 1. The van der Waals surface area contributed by atoms with Gasteiger partial charge in [0.2, 0.25) is 5.91 Å². The van der Waals surface area contributed by atoms with E-state index in [1.165, 1.54) is 11.8 Å². The van der Waals surface area contributed by atoms with E-state index in [1.54, 1.807) is 12.1 Å². The molecule has 1 amide bonds. The average Bonchev–Trinajstić information content (AvgIpc) is 2.90. The second-order valence-corrected chi connectivity index (χ2v) is 5.30. The van der Waals surface area contributed by atoms with Crippen molar-refractivity contribution in [2.24, 2.45) is 0 Å². The van der Waals surface area contributed by atoms with Gasteiger partial charge in [-0.1, -0.05) is 36.0 Å². The lowest BCUT2D eigenvalue weighted by atomic mass is 10.3. The molecule has 3 rings (SSSR count). The van der Waals surface area contributed by atoms with Crippen molar-refractivity contribution < 1.29 is 9.21 Å². The quantitative estimate of drug-likeness (QED) is 0.571. The zero-order chi connectivity index (χ0) is 14.7. The highest BCUT2D eigenvalue weighted by atomic mass is 32.2. The number of fused-ring (bicyclic) bond motifs is 1. The summed E-state index contributed by atoms with van der Waals surface area (Å²) in [5, 5.41) is 3.24. The number of nitrogens with one attached hydrogen (secondary N) is 1. The van der Waals surface area contributed by atoms with Gasteiger partial charge in [-0.3, -0.25) is 4.79 Å². The highest BCUT2D eigenvalue weighted by molar-refractivity contribution is 7.99. The van der Waals surface area contributed by atoms with Gasteiger partial charge in [0, 0.05) is 0 Å². The Labute approximate surface area is 125 Å². The molecule has 0 bridgehead atoms. The molecule has 0 fully saturated rings. The van der Waals surface area contributed by atoms with Gasteiger partial charge in [0.15, 0.2) is 5.58 Å². The van der Waals surface area contributed by atoms with Crippen LogP contribution in [0.2, 0.25) is 0 Å². The highest BCUT2D eigenvalue weighted by Crippen LogP contribution is 2.23. The minimum atomic E-state index is -0.153. The Morgan fingerprint density at radius 3 is 2.76 bits per heavy atom. The maximum absolute atomic E-state index is 11.9. The minimum absolute atomic E-state index is 0.153. The Kier molecular flexibility index (Phi) is 3.79. The van der Waals surface area contributed by atoms with E-state index in [-0.39, 0.29) is 11.7 Å². The molecular weight excluding hydrogens is 286 g/mol. The van der Waals surface area contributed by atoms with Crippen LogP contribution in [0.4, 0.5) is 11.4 Å². The number of hydrogen-bond acceptors (Lipinski definition) is 5. The van der Waals surface area contributed by atoms with Crippen LogP contribution in [0.25, 0.3) is 11.1 Å². The fraction of sp³-hybridized carbons (Fsp3) is 0.0667. The molecule has 0 unspecified atom stereocenters. The number of carbonyl (C=O) groups is 1. The van der Waals surface area contributed by atoms with E-state index in [0.29, 0.717) is 22.2 Å². The molecule has 0 atom stereocenters. The van der Waals surface area contributed by atoms with Gasteiger partial charge < -0.3 is 15.5 Å². The predicted octanol–water partition coefficient (Wildman–Crippen LogP) is 3.14. The van der Waals surface area contributed by atoms with E-state index in [9.17, 15) is 4.79 Å². The Morgan fingerprint density at radius 2 is 1.95 bits per heavy atom. The van der Waals surface area contributed by atoms with Crippen molar-refractivity contribution in [2.45, 2.75) is 5.22 Å². The van der Waals surface area contributed by atoms with Crippen LogP contribution in [0.1, 0.15) is 0 Å². The summed E-state index contributed by atoms with van der Waals surface area (Å²) in [5.41, 5.74) is 8.43. The van der Waals surface area contributed by atoms with Crippen LogP contribution in [0.15, 0.2) is 58.2 Å². The summed E-state index contributed by atoms with van der Waals surface area (Å²) in [6.07, 6.45) is 0. The second kappa shape index (κ2) is 5.88. The van der Waals surface area contributed by atoms with Gasteiger partial charge in [-0.25, -0.2) is 4.98 Å². The smallest absolute Gasteiger partial charge is 0.257 e. The molecular formula is C15H13N3O2S. The standard InChI is InChI=1S/C15H13N3O2S/c16-10-5-1-2-6-11(10)17-14(19)9-21-15-18-12-7-3-4-8-13(12)20-15/h1-8H,9,16H2,(H,17,19). The van der Waals surface area contributed by atoms with E-state index >= 15 is 0 Å². The zero-order valence-corrected chi connectivity index (χ0v) is 11.9. The summed E-state index contributed by atoms with van der Waals surface area (Å²) >= 11 is 1.25. The van der Waals surface area contributed by atoms with Gasteiger partial charge in [-0.2, -0.15) is 0 Å². The molecule has 0 aliphatic rings. The molecule has 0 aliphatic carbocycles. The number of nitrogens with two attached hydrogens (primary N) is 1. The molecule has 3 aromatic rings. The molecule has 0 radical (unpaired) electrons. The average molecular weight is 299 g/mol. The summed E-state index contributed by atoms with van der Waals surface area (Å²) in [6, 6.07) is 14.6. The lowest BCUT2D eigenvalue weighted by Crippen LogP contribution is -2.15. The van der Waals surface area contributed by atoms with E-state index in [4.69, 9.17) is 10.2 Å². The number of anilines is 2. The molecule has 0 saturated heterocycles. The maximum Gasteiger partial charge on any atom is 0.257 e. The molecule has 1 heterocycles. The molecule has 106 valence electrons. The highest BCUT2D eigenvalue weighted by Gasteiger charge is 2.10. The van der Waals surface area contributed by atoms with Crippen LogP contribution >= 0.6 is 11.8 Å².